The van der Waals surface area contributed by atoms with Crippen LogP contribution in [0, 0.1) is 0 Å². The Hall–Kier alpha value is -0.870. The van der Waals surface area contributed by atoms with Gasteiger partial charge in [0.15, 0.2) is 5.96 Å². The van der Waals surface area contributed by atoms with Crippen LogP contribution in [0.15, 0.2) is 29.3 Å². The van der Waals surface area contributed by atoms with E-state index in [4.69, 9.17) is 4.99 Å². The number of sulfone groups is 1. The van der Waals surface area contributed by atoms with Crippen LogP contribution < -0.4 is 10.6 Å². The smallest absolute Gasteiger partial charge is 0.191 e. The van der Waals surface area contributed by atoms with Crippen LogP contribution in [0.25, 0.3) is 0 Å². The molecule has 0 aliphatic carbocycles. The van der Waals surface area contributed by atoms with Gasteiger partial charge in [0.05, 0.1) is 12.3 Å². The molecule has 1 aliphatic heterocycles. The number of fused-ring (bicyclic) bond motifs is 1. The molecule has 2 rings (SSSR count). The van der Waals surface area contributed by atoms with Crippen molar-refractivity contribution < 1.29 is 8.42 Å². The van der Waals surface area contributed by atoms with Crippen LogP contribution >= 0.6 is 24.0 Å². The lowest BCUT2D eigenvalue weighted by Gasteiger charge is -2.33. The van der Waals surface area contributed by atoms with Crippen LogP contribution in [0.5, 0.6) is 0 Å². The van der Waals surface area contributed by atoms with E-state index in [2.05, 4.69) is 46.7 Å². The highest BCUT2D eigenvalue weighted by Crippen LogP contribution is 2.20. The van der Waals surface area contributed by atoms with Gasteiger partial charge in [-0.2, -0.15) is 0 Å². The van der Waals surface area contributed by atoms with Gasteiger partial charge in [0, 0.05) is 38.0 Å². The molecule has 2 unspecified atom stereocenters. The third-order valence-electron chi connectivity index (χ3n) is 4.95. The van der Waals surface area contributed by atoms with Gasteiger partial charge in [-0.3, -0.25) is 9.89 Å². The van der Waals surface area contributed by atoms with E-state index in [-0.39, 0.29) is 35.8 Å². The van der Waals surface area contributed by atoms with Crippen molar-refractivity contribution in [3.63, 3.8) is 0 Å². The van der Waals surface area contributed by atoms with E-state index in [1.807, 2.05) is 13.8 Å². The molecule has 1 aromatic carbocycles. The Morgan fingerprint density at radius 1 is 1.25 bits per heavy atom. The predicted molar refractivity (Wildman–Crippen MR) is 128 cm³/mol. The maximum Gasteiger partial charge on any atom is 0.191 e. The molecule has 0 saturated heterocycles. The van der Waals surface area contributed by atoms with Crippen LogP contribution in [0.1, 0.15) is 38.3 Å². The van der Waals surface area contributed by atoms with Gasteiger partial charge < -0.3 is 10.6 Å². The van der Waals surface area contributed by atoms with Crippen LogP contribution in [-0.4, -0.2) is 63.0 Å². The standard InChI is InChI=1S/C20H34N4O2S.HI/c1-5-21-20(23-16(2)11-13-27(4,25)26)22-14-17(3)24-12-10-18-8-6-7-9-19(18)15-24;/h6-9,16-17H,5,10-15H2,1-4H3,(H2,21,22,23);1H. The average Bonchev–Trinajstić information content (AvgIpc) is 2.63. The highest BCUT2D eigenvalue weighted by molar-refractivity contribution is 14.0. The largest absolute Gasteiger partial charge is 0.357 e. The average molecular weight is 522 g/mol. The van der Waals surface area contributed by atoms with Crippen LogP contribution in [-0.2, 0) is 22.8 Å². The molecule has 0 saturated carbocycles. The summed E-state index contributed by atoms with van der Waals surface area (Å²) in [5.41, 5.74) is 2.87. The van der Waals surface area contributed by atoms with Gasteiger partial charge in [0.1, 0.15) is 9.84 Å². The quantitative estimate of drug-likeness (QED) is 0.312. The first-order chi connectivity index (χ1) is 12.8. The lowest BCUT2D eigenvalue weighted by molar-refractivity contribution is 0.195. The number of guanidine groups is 1. The van der Waals surface area contributed by atoms with Crippen molar-refractivity contribution in [2.24, 2.45) is 4.99 Å². The summed E-state index contributed by atoms with van der Waals surface area (Å²) in [6.45, 7) is 9.75. The molecule has 0 radical (unpaired) electrons. The third-order valence-corrected chi connectivity index (χ3v) is 5.92. The SMILES string of the molecule is CCNC(=NCC(C)N1CCc2ccccc2C1)NC(C)CCS(C)(=O)=O.I. The molecular weight excluding hydrogens is 487 g/mol. The second kappa shape index (κ2) is 12.0. The number of benzene rings is 1. The minimum Gasteiger partial charge on any atom is -0.357 e. The van der Waals surface area contributed by atoms with Crippen LogP contribution in [0.4, 0.5) is 0 Å². The maximum atomic E-state index is 11.3. The predicted octanol–water partition coefficient (Wildman–Crippen LogP) is 2.43. The van der Waals surface area contributed by atoms with Gasteiger partial charge in [0.25, 0.3) is 0 Å². The van der Waals surface area contributed by atoms with Crippen molar-refractivity contribution in [1.29, 1.82) is 0 Å². The summed E-state index contributed by atoms with van der Waals surface area (Å²) in [5, 5.41) is 6.58. The van der Waals surface area contributed by atoms with Crippen molar-refractivity contribution in [3.05, 3.63) is 35.4 Å². The van der Waals surface area contributed by atoms with E-state index in [1.165, 1.54) is 17.4 Å². The normalized spacial score (nSPS) is 17.2. The fourth-order valence-electron chi connectivity index (χ4n) is 3.25. The number of aliphatic imine (C=N–C) groups is 1. The molecule has 1 aromatic rings. The summed E-state index contributed by atoms with van der Waals surface area (Å²) < 4.78 is 22.7. The summed E-state index contributed by atoms with van der Waals surface area (Å²) >= 11 is 0. The van der Waals surface area contributed by atoms with E-state index in [1.54, 1.807) is 0 Å². The molecule has 2 N–H and O–H groups in total. The minimum atomic E-state index is -2.94. The molecule has 160 valence electrons. The molecule has 1 heterocycles. The van der Waals surface area contributed by atoms with Crippen molar-refractivity contribution in [2.45, 2.75) is 52.2 Å². The Morgan fingerprint density at radius 2 is 1.93 bits per heavy atom. The molecular formula is C20H35IN4O2S. The zero-order valence-corrected chi connectivity index (χ0v) is 20.6. The summed E-state index contributed by atoms with van der Waals surface area (Å²) in [7, 11) is -2.94. The molecule has 0 bridgehead atoms. The Morgan fingerprint density at radius 3 is 2.57 bits per heavy atom. The van der Waals surface area contributed by atoms with E-state index in [9.17, 15) is 8.42 Å². The summed E-state index contributed by atoms with van der Waals surface area (Å²) in [6, 6.07) is 9.06. The van der Waals surface area contributed by atoms with Crippen LogP contribution in [0.2, 0.25) is 0 Å². The molecule has 2 atom stereocenters. The highest BCUT2D eigenvalue weighted by Gasteiger charge is 2.20. The maximum absolute atomic E-state index is 11.3. The van der Waals surface area contributed by atoms with E-state index in [0.717, 1.165) is 32.0 Å². The number of nitrogens with zero attached hydrogens (tertiary/aromatic N) is 2. The monoisotopic (exact) mass is 522 g/mol. The van der Waals surface area contributed by atoms with Crippen LogP contribution in [0.3, 0.4) is 0 Å². The number of hydrogen-bond acceptors (Lipinski definition) is 4. The van der Waals surface area contributed by atoms with Gasteiger partial charge in [-0.1, -0.05) is 24.3 Å². The fourth-order valence-corrected chi connectivity index (χ4v) is 4.03. The minimum absolute atomic E-state index is 0. The van der Waals surface area contributed by atoms with Gasteiger partial charge in [-0.05, 0) is 44.7 Å². The third kappa shape index (κ3) is 8.65. The molecule has 0 aromatic heterocycles. The van der Waals surface area contributed by atoms with Gasteiger partial charge in [-0.25, -0.2) is 8.42 Å². The first-order valence-corrected chi connectivity index (χ1v) is 11.9. The van der Waals surface area contributed by atoms with Crippen molar-refractivity contribution in [1.82, 2.24) is 15.5 Å². The Labute approximate surface area is 187 Å². The zero-order valence-electron chi connectivity index (χ0n) is 17.4. The van der Waals surface area contributed by atoms with Crippen molar-refractivity contribution >= 4 is 39.8 Å². The van der Waals surface area contributed by atoms with E-state index in [0.29, 0.717) is 19.0 Å². The summed E-state index contributed by atoms with van der Waals surface area (Å²) in [4.78, 5) is 7.21. The Balaban J connectivity index is 0.00000392. The Bertz CT molecular complexity index is 739. The fraction of sp³-hybridized carbons (Fsp3) is 0.650. The Kier molecular flexibility index (Phi) is 10.8. The zero-order chi connectivity index (χ0) is 19.9. The molecule has 0 spiro atoms. The second-order valence-corrected chi connectivity index (χ2v) is 9.78. The summed E-state index contributed by atoms with van der Waals surface area (Å²) in [5.74, 6) is 0.937. The molecule has 0 fully saturated rings. The summed E-state index contributed by atoms with van der Waals surface area (Å²) in [6.07, 6.45) is 2.93. The molecule has 8 heteroatoms. The lowest BCUT2D eigenvalue weighted by atomic mass is 9.99. The van der Waals surface area contributed by atoms with E-state index >= 15 is 0 Å². The van der Waals surface area contributed by atoms with Crippen molar-refractivity contribution in [3.8, 4) is 0 Å². The van der Waals surface area contributed by atoms with Gasteiger partial charge in [0.2, 0.25) is 0 Å². The molecule has 6 nitrogen and oxygen atoms in total. The molecule has 28 heavy (non-hydrogen) atoms. The number of hydrogen-bond donors (Lipinski definition) is 2. The molecule has 1 aliphatic rings. The van der Waals surface area contributed by atoms with E-state index < -0.39 is 9.84 Å². The highest BCUT2D eigenvalue weighted by atomic mass is 127. The lowest BCUT2D eigenvalue weighted by Crippen LogP contribution is -2.44. The first kappa shape index (κ1) is 25.2. The number of nitrogens with one attached hydrogen (secondary N) is 2. The van der Waals surface area contributed by atoms with Crippen molar-refractivity contribution in [2.75, 3.05) is 31.6 Å². The van der Waals surface area contributed by atoms with Gasteiger partial charge in [-0.15, -0.1) is 24.0 Å². The molecule has 0 amide bonds. The number of halogens is 1. The van der Waals surface area contributed by atoms with Gasteiger partial charge >= 0.3 is 0 Å². The first-order valence-electron chi connectivity index (χ1n) is 9.82. The topological polar surface area (TPSA) is 73.8 Å². The second-order valence-electron chi connectivity index (χ2n) is 7.52. The number of rotatable bonds is 8.